The molecule has 1 fully saturated rings. The van der Waals surface area contributed by atoms with E-state index in [0.29, 0.717) is 18.4 Å². The van der Waals surface area contributed by atoms with Crippen molar-refractivity contribution < 1.29 is 23.4 Å². The summed E-state index contributed by atoms with van der Waals surface area (Å²) in [4.78, 5) is 10.9. The molecule has 1 aliphatic carbocycles. The average molecular weight is 313 g/mol. The van der Waals surface area contributed by atoms with Gasteiger partial charge in [-0.15, -0.1) is 0 Å². The predicted octanol–water partition coefficient (Wildman–Crippen LogP) is 1.11. The maximum Gasteiger partial charge on any atom is 0.335 e. The van der Waals surface area contributed by atoms with Crippen LogP contribution in [0.5, 0.6) is 0 Å². The molecule has 0 saturated heterocycles. The first-order chi connectivity index (χ1) is 9.87. The molecule has 116 valence electrons. The van der Waals surface area contributed by atoms with Crippen LogP contribution in [-0.4, -0.2) is 36.7 Å². The fourth-order valence-electron chi connectivity index (χ4n) is 2.53. The van der Waals surface area contributed by atoms with Gasteiger partial charge in [-0.05, 0) is 30.5 Å². The second-order valence-corrected chi connectivity index (χ2v) is 7.09. The van der Waals surface area contributed by atoms with Crippen LogP contribution in [0.4, 0.5) is 0 Å². The number of hydrogen-bond donors (Lipinski definition) is 3. The Kier molecular flexibility index (Phi) is 4.97. The van der Waals surface area contributed by atoms with Crippen molar-refractivity contribution in [3.63, 3.8) is 0 Å². The molecule has 1 saturated carbocycles. The molecule has 1 aromatic carbocycles. The van der Waals surface area contributed by atoms with Crippen LogP contribution in [0.25, 0.3) is 0 Å². The molecule has 1 aliphatic rings. The van der Waals surface area contributed by atoms with E-state index in [1.165, 1.54) is 18.2 Å². The molecule has 7 heteroatoms. The van der Waals surface area contributed by atoms with Crippen LogP contribution >= 0.6 is 0 Å². The summed E-state index contributed by atoms with van der Waals surface area (Å²) in [6.45, 7) is 0. The van der Waals surface area contributed by atoms with E-state index in [-0.39, 0.29) is 11.3 Å². The second kappa shape index (κ2) is 6.55. The molecule has 3 N–H and O–H groups in total. The highest BCUT2D eigenvalue weighted by molar-refractivity contribution is 7.88. The van der Waals surface area contributed by atoms with Crippen LogP contribution in [0.2, 0.25) is 0 Å². The van der Waals surface area contributed by atoms with Crippen molar-refractivity contribution in [3.05, 3.63) is 35.4 Å². The maximum absolute atomic E-state index is 12.1. The Hall–Kier alpha value is -1.44. The van der Waals surface area contributed by atoms with E-state index in [0.717, 1.165) is 12.8 Å². The van der Waals surface area contributed by atoms with Crippen LogP contribution in [0.3, 0.4) is 0 Å². The third kappa shape index (κ3) is 4.52. The van der Waals surface area contributed by atoms with Gasteiger partial charge < -0.3 is 10.2 Å². The molecule has 2 rings (SSSR count). The zero-order valence-electron chi connectivity index (χ0n) is 11.5. The minimum atomic E-state index is -3.61. The summed E-state index contributed by atoms with van der Waals surface area (Å²) in [6.07, 6.45) is 2.36. The summed E-state index contributed by atoms with van der Waals surface area (Å²) in [7, 11) is -3.61. The molecule has 0 amide bonds. The van der Waals surface area contributed by atoms with Crippen LogP contribution in [0.1, 0.15) is 41.6 Å². The summed E-state index contributed by atoms with van der Waals surface area (Å²) < 4.78 is 26.8. The third-order valence-corrected chi connectivity index (χ3v) is 4.97. The lowest BCUT2D eigenvalue weighted by Crippen LogP contribution is -2.45. The topological polar surface area (TPSA) is 104 Å². The molecule has 6 nitrogen and oxygen atoms in total. The molecule has 0 spiro atoms. The first-order valence-corrected chi connectivity index (χ1v) is 8.53. The smallest absolute Gasteiger partial charge is 0.335 e. The Bertz CT molecular complexity index is 614. The zero-order chi connectivity index (χ0) is 15.5. The van der Waals surface area contributed by atoms with Gasteiger partial charge in [-0.1, -0.05) is 25.0 Å². The van der Waals surface area contributed by atoms with Gasteiger partial charge in [-0.25, -0.2) is 17.9 Å². The van der Waals surface area contributed by atoms with Crippen LogP contribution in [0.15, 0.2) is 24.3 Å². The lowest BCUT2D eigenvalue weighted by atomic mass is 9.93. The molecular weight excluding hydrogens is 294 g/mol. The van der Waals surface area contributed by atoms with Gasteiger partial charge in [0.2, 0.25) is 10.0 Å². The monoisotopic (exact) mass is 313 g/mol. The highest BCUT2D eigenvalue weighted by atomic mass is 32.2. The first kappa shape index (κ1) is 15.9. The minimum Gasteiger partial charge on any atom is -0.478 e. The van der Waals surface area contributed by atoms with Crippen molar-refractivity contribution in [2.24, 2.45) is 0 Å². The molecule has 0 aliphatic heterocycles. The highest BCUT2D eigenvalue weighted by Crippen LogP contribution is 2.19. The summed E-state index contributed by atoms with van der Waals surface area (Å²) >= 11 is 0. The lowest BCUT2D eigenvalue weighted by molar-refractivity contribution is 0.0696. The van der Waals surface area contributed by atoms with Crippen molar-refractivity contribution in [2.45, 2.75) is 43.6 Å². The summed E-state index contributed by atoms with van der Waals surface area (Å²) in [6, 6.07) is 5.40. The number of benzene rings is 1. The molecule has 0 heterocycles. The molecule has 0 aromatic heterocycles. The molecule has 0 unspecified atom stereocenters. The standard InChI is InChI=1S/C14H19NO5S/c16-13-7-2-1-6-12(13)15-21(19,20)9-10-4-3-5-11(8-10)14(17)18/h3-5,8,12-13,15-16H,1-2,6-7,9H2,(H,17,18)/t12-,13-/m0/s1. The fourth-order valence-corrected chi connectivity index (χ4v) is 3.97. The quantitative estimate of drug-likeness (QED) is 0.755. The normalized spacial score (nSPS) is 22.9. The van der Waals surface area contributed by atoms with Gasteiger partial charge in [-0.3, -0.25) is 0 Å². The van der Waals surface area contributed by atoms with E-state index in [1.807, 2.05) is 0 Å². The van der Waals surface area contributed by atoms with Gasteiger partial charge >= 0.3 is 5.97 Å². The van der Waals surface area contributed by atoms with Crippen molar-refractivity contribution in [1.29, 1.82) is 0 Å². The maximum atomic E-state index is 12.1. The van der Waals surface area contributed by atoms with Crippen molar-refractivity contribution in [1.82, 2.24) is 4.72 Å². The van der Waals surface area contributed by atoms with E-state index in [1.54, 1.807) is 6.07 Å². The Morgan fingerprint density at radius 1 is 1.29 bits per heavy atom. The van der Waals surface area contributed by atoms with Gasteiger partial charge in [-0.2, -0.15) is 0 Å². The summed E-state index contributed by atoms with van der Waals surface area (Å²) in [5.74, 6) is -1.39. The SMILES string of the molecule is O=C(O)c1cccc(CS(=O)(=O)N[C@H]2CCCC[C@@H]2O)c1. The summed E-state index contributed by atoms with van der Waals surface area (Å²) in [5, 5.41) is 18.7. The van der Waals surface area contributed by atoms with E-state index in [9.17, 15) is 18.3 Å². The molecule has 0 radical (unpaired) electrons. The van der Waals surface area contributed by atoms with Crippen LogP contribution < -0.4 is 4.72 Å². The number of carboxylic acid groups (broad SMARTS) is 1. The number of carbonyl (C=O) groups is 1. The van der Waals surface area contributed by atoms with E-state index in [4.69, 9.17) is 5.11 Å². The van der Waals surface area contributed by atoms with Crippen LogP contribution in [0, 0.1) is 0 Å². The molecule has 21 heavy (non-hydrogen) atoms. The van der Waals surface area contributed by atoms with Gasteiger partial charge in [0.15, 0.2) is 0 Å². The molecule has 2 atom stereocenters. The van der Waals surface area contributed by atoms with Crippen molar-refractivity contribution >= 4 is 16.0 Å². The van der Waals surface area contributed by atoms with Crippen molar-refractivity contribution in [2.75, 3.05) is 0 Å². The number of aromatic carboxylic acids is 1. The van der Waals surface area contributed by atoms with Gasteiger partial charge in [0.05, 0.1) is 17.4 Å². The Balaban J connectivity index is 2.06. The predicted molar refractivity (Wildman–Crippen MR) is 77.4 cm³/mol. The summed E-state index contributed by atoms with van der Waals surface area (Å²) in [5.41, 5.74) is 0.466. The Morgan fingerprint density at radius 2 is 2.00 bits per heavy atom. The number of nitrogens with one attached hydrogen (secondary N) is 1. The van der Waals surface area contributed by atoms with E-state index >= 15 is 0 Å². The zero-order valence-corrected chi connectivity index (χ0v) is 12.3. The van der Waals surface area contributed by atoms with Gasteiger partial charge in [0.25, 0.3) is 0 Å². The average Bonchev–Trinajstić information content (AvgIpc) is 2.41. The second-order valence-electron chi connectivity index (χ2n) is 5.34. The Morgan fingerprint density at radius 3 is 2.67 bits per heavy atom. The lowest BCUT2D eigenvalue weighted by Gasteiger charge is -2.28. The first-order valence-electron chi connectivity index (χ1n) is 6.88. The van der Waals surface area contributed by atoms with Crippen LogP contribution in [-0.2, 0) is 15.8 Å². The van der Waals surface area contributed by atoms with E-state index in [2.05, 4.69) is 4.72 Å². The number of aliphatic hydroxyl groups is 1. The van der Waals surface area contributed by atoms with Gasteiger partial charge in [0.1, 0.15) is 0 Å². The molecular formula is C14H19NO5S. The van der Waals surface area contributed by atoms with E-state index < -0.39 is 28.1 Å². The Labute approximate surface area is 123 Å². The fraction of sp³-hybridized carbons (Fsp3) is 0.500. The van der Waals surface area contributed by atoms with Crippen molar-refractivity contribution in [3.8, 4) is 0 Å². The number of carboxylic acids is 1. The molecule has 1 aromatic rings. The largest absolute Gasteiger partial charge is 0.478 e. The third-order valence-electron chi connectivity index (χ3n) is 3.59. The number of aliphatic hydroxyl groups excluding tert-OH is 1. The number of hydrogen-bond acceptors (Lipinski definition) is 4. The highest BCUT2D eigenvalue weighted by Gasteiger charge is 2.27. The number of rotatable bonds is 5. The van der Waals surface area contributed by atoms with Gasteiger partial charge in [0, 0.05) is 6.04 Å². The number of sulfonamides is 1. The minimum absolute atomic E-state index is 0.0559. The molecule has 0 bridgehead atoms.